The van der Waals surface area contributed by atoms with Crippen LogP contribution in [0.2, 0.25) is 5.02 Å². The van der Waals surface area contributed by atoms with E-state index in [1.54, 1.807) is 0 Å². The van der Waals surface area contributed by atoms with Gasteiger partial charge in [-0.25, -0.2) is 9.69 Å². The zero-order valence-corrected chi connectivity index (χ0v) is 14.2. The van der Waals surface area contributed by atoms with Gasteiger partial charge >= 0.3 is 6.03 Å². The molecule has 124 valence electrons. The number of nitrogens with one attached hydrogen (secondary N) is 2. The molecule has 6 heteroatoms. The summed E-state index contributed by atoms with van der Waals surface area (Å²) < 4.78 is 0. The minimum atomic E-state index is -0.633. The van der Waals surface area contributed by atoms with Gasteiger partial charge in [0.05, 0.1) is 7.05 Å². The quantitative estimate of drug-likeness (QED) is 0.820. The predicted molar refractivity (Wildman–Crippen MR) is 88.1 cm³/mol. The van der Waals surface area contributed by atoms with E-state index in [-0.39, 0.29) is 11.9 Å². The van der Waals surface area contributed by atoms with Crippen LogP contribution in [0.25, 0.3) is 0 Å². The van der Waals surface area contributed by atoms with E-state index >= 15 is 0 Å². The molecule has 3 rings (SSSR count). The fourth-order valence-electron chi connectivity index (χ4n) is 3.64. The molecule has 1 saturated carbocycles. The van der Waals surface area contributed by atoms with Crippen molar-refractivity contribution in [2.24, 2.45) is 0 Å². The Balaban J connectivity index is 1.65. The highest BCUT2D eigenvalue weighted by Gasteiger charge is 2.52. The maximum atomic E-state index is 12.7. The average molecular weight is 337 g/mol. The van der Waals surface area contributed by atoms with Gasteiger partial charge in [-0.05, 0) is 25.0 Å². The molecule has 1 aromatic rings. The van der Waals surface area contributed by atoms with Crippen LogP contribution in [0.5, 0.6) is 0 Å². The standard InChI is InChI=1S/C17H22ClN3O2/c1-20(11-13-6-5-7-14(18)10-13)12-21-15(22)17(19-16(21)23)8-3-2-4-9-17/h5-7,10H,2-4,8-9,11-12H2,1H3,(H,19,23)/p+1. The van der Waals surface area contributed by atoms with Crippen molar-refractivity contribution in [2.75, 3.05) is 13.7 Å². The van der Waals surface area contributed by atoms with Crippen molar-refractivity contribution in [1.29, 1.82) is 0 Å². The van der Waals surface area contributed by atoms with Crippen LogP contribution < -0.4 is 10.2 Å². The van der Waals surface area contributed by atoms with Gasteiger partial charge in [0.2, 0.25) is 0 Å². The second-order valence-electron chi connectivity index (χ2n) is 6.73. The first-order valence-corrected chi connectivity index (χ1v) is 8.58. The third kappa shape index (κ3) is 3.35. The third-order valence-electron chi connectivity index (χ3n) is 4.78. The second-order valence-corrected chi connectivity index (χ2v) is 7.16. The average Bonchev–Trinajstić information content (AvgIpc) is 2.72. The molecule has 1 aromatic carbocycles. The second kappa shape index (κ2) is 6.49. The molecule has 2 N–H and O–H groups in total. The highest BCUT2D eigenvalue weighted by atomic mass is 35.5. The van der Waals surface area contributed by atoms with E-state index in [0.29, 0.717) is 18.2 Å². The Labute approximate surface area is 141 Å². The Morgan fingerprint density at radius 3 is 2.70 bits per heavy atom. The lowest BCUT2D eigenvalue weighted by Crippen LogP contribution is -3.09. The number of hydrogen-bond acceptors (Lipinski definition) is 2. The third-order valence-corrected chi connectivity index (χ3v) is 5.01. The summed E-state index contributed by atoms with van der Waals surface area (Å²) in [7, 11) is 1.98. The summed E-state index contributed by atoms with van der Waals surface area (Å²) in [6, 6.07) is 7.42. The summed E-state index contributed by atoms with van der Waals surface area (Å²) in [5.74, 6) is -0.0485. The smallest absolute Gasteiger partial charge is 0.323 e. The largest absolute Gasteiger partial charge is 0.329 e. The number of hydrogen-bond donors (Lipinski definition) is 2. The van der Waals surface area contributed by atoms with Crippen LogP contribution in [0.4, 0.5) is 4.79 Å². The molecule has 2 fully saturated rings. The van der Waals surface area contributed by atoms with Gasteiger partial charge in [-0.2, -0.15) is 0 Å². The van der Waals surface area contributed by atoms with Crippen molar-refractivity contribution < 1.29 is 14.5 Å². The lowest BCUT2D eigenvalue weighted by molar-refractivity contribution is -0.901. The molecular formula is C17H23ClN3O2+. The number of benzene rings is 1. The van der Waals surface area contributed by atoms with E-state index < -0.39 is 5.54 Å². The Bertz CT molecular complexity index is 614. The zero-order valence-electron chi connectivity index (χ0n) is 13.4. The number of halogens is 1. The summed E-state index contributed by atoms with van der Waals surface area (Å²) in [6.07, 6.45) is 4.68. The first kappa shape index (κ1) is 16.3. The molecule has 1 atom stereocenters. The van der Waals surface area contributed by atoms with Gasteiger partial charge in [0, 0.05) is 10.6 Å². The Kier molecular flexibility index (Phi) is 4.60. The van der Waals surface area contributed by atoms with E-state index in [0.717, 1.165) is 42.6 Å². The zero-order chi connectivity index (χ0) is 16.4. The van der Waals surface area contributed by atoms with Crippen LogP contribution in [0.15, 0.2) is 24.3 Å². The number of quaternary nitrogens is 1. The molecule has 1 spiro atoms. The highest BCUT2D eigenvalue weighted by molar-refractivity contribution is 6.30. The molecule has 0 bridgehead atoms. The SMILES string of the molecule is C[NH+](Cc1cccc(Cl)c1)CN1C(=O)NC2(CCCCC2)C1=O. The van der Waals surface area contributed by atoms with Crippen LogP contribution in [0.3, 0.4) is 0 Å². The Morgan fingerprint density at radius 1 is 1.26 bits per heavy atom. The highest BCUT2D eigenvalue weighted by Crippen LogP contribution is 2.33. The van der Waals surface area contributed by atoms with Gasteiger partial charge in [0.25, 0.3) is 5.91 Å². The lowest BCUT2D eigenvalue weighted by Gasteiger charge is -2.30. The molecule has 0 aromatic heterocycles. The fourth-order valence-corrected chi connectivity index (χ4v) is 3.85. The lowest BCUT2D eigenvalue weighted by atomic mass is 9.82. The molecule has 1 saturated heterocycles. The van der Waals surface area contributed by atoms with Crippen molar-refractivity contribution in [2.45, 2.75) is 44.2 Å². The molecule has 0 radical (unpaired) electrons. The number of imide groups is 1. The first-order chi connectivity index (χ1) is 11.0. The maximum Gasteiger partial charge on any atom is 0.329 e. The molecule has 1 unspecified atom stereocenters. The summed E-state index contributed by atoms with van der Waals surface area (Å²) in [6.45, 7) is 1.09. The molecule has 5 nitrogen and oxygen atoms in total. The molecule has 1 heterocycles. The number of carbonyl (C=O) groups is 2. The minimum absolute atomic E-state index is 0.0485. The van der Waals surface area contributed by atoms with Gasteiger partial charge in [0.15, 0.2) is 6.67 Å². The molecule has 3 amide bonds. The van der Waals surface area contributed by atoms with Crippen molar-refractivity contribution in [3.8, 4) is 0 Å². The monoisotopic (exact) mass is 336 g/mol. The van der Waals surface area contributed by atoms with Crippen LogP contribution in [0, 0.1) is 0 Å². The van der Waals surface area contributed by atoms with Gasteiger partial charge in [-0.1, -0.05) is 43.0 Å². The summed E-state index contributed by atoms with van der Waals surface area (Å²) >= 11 is 6.00. The molecule has 23 heavy (non-hydrogen) atoms. The molecule has 1 aliphatic heterocycles. The molecular weight excluding hydrogens is 314 g/mol. The van der Waals surface area contributed by atoms with E-state index in [2.05, 4.69) is 5.32 Å². The summed E-state index contributed by atoms with van der Waals surface area (Å²) in [5.41, 5.74) is 0.459. The van der Waals surface area contributed by atoms with Crippen LogP contribution in [-0.2, 0) is 11.3 Å². The van der Waals surface area contributed by atoms with Gasteiger partial charge in [-0.15, -0.1) is 0 Å². The maximum absolute atomic E-state index is 12.7. The van der Waals surface area contributed by atoms with Crippen LogP contribution >= 0.6 is 11.6 Å². The number of amides is 3. The van der Waals surface area contributed by atoms with E-state index in [4.69, 9.17) is 11.6 Å². The van der Waals surface area contributed by atoms with Crippen LogP contribution in [-0.4, -0.2) is 36.1 Å². The Hall–Kier alpha value is -1.59. The number of urea groups is 1. The normalized spacial score (nSPS) is 21.6. The van der Waals surface area contributed by atoms with Crippen molar-refractivity contribution >= 4 is 23.5 Å². The topological polar surface area (TPSA) is 53.9 Å². The predicted octanol–water partition coefficient (Wildman–Crippen LogP) is 1.57. The summed E-state index contributed by atoms with van der Waals surface area (Å²) in [5, 5.41) is 3.65. The van der Waals surface area contributed by atoms with E-state index in [9.17, 15) is 9.59 Å². The Morgan fingerprint density at radius 2 is 2.00 bits per heavy atom. The number of carbonyl (C=O) groups excluding carboxylic acids is 2. The van der Waals surface area contributed by atoms with Gasteiger partial charge in [0.1, 0.15) is 12.1 Å². The van der Waals surface area contributed by atoms with Crippen molar-refractivity contribution in [1.82, 2.24) is 10.2 Å². The fraction of sp³-hybridized carbons (Fsp3) is 0.529. The van der Waals surface area contributed by atoms with Crippen molar-refractivity contribution in [3.63, 3.8) is 0 Å². The van der Waals surface area contributed by atoms with Gasteiger partial charge in [-0.3, -0.25) is 4.79 Å². The van der Waals surface area contributed by atoms with Crippen molar-refractivity contribution in [3.05, 3.63) is 34.9 Å². The summed E-state index contributed by atoms with van der Waals surface area (Å²) in [4.78, 5) is 27.5. The molecule has 2 aliphatic rings. The molecule has 1 aliphatic carbocycles. The van der Waals surface area contributed by atoms with Crippen LogP contribution in [0.1, 0.15) is 37.7 Å². The number of nitrogens with zero attached hydrogens (tertiary/aromatic N) is 1. The van der Waals surface area contributed by atoms with E-state index in [1.165, 1.54) is 4.90 Å². The minimum Gasteiger partial charge on any atom is -0.323 e. The van der Waals surface area contributed by atoms with Gasteiger partial charge < -0.3 is 10.2 Å². The number of rotatable bonds is 4. The first-order valence-electron chi connectivity index (χ1n) is 8.20. The van der Waals surface area contributed by atoms with E-state index in [1.807, 2.05) is 31.3 Å².